The molecule has 1 fully saturated rings. The van der Waals surface area contributed by atoms with Gasteiger partial charge < -0.3 is 9.32 Å². The second-order valence-corrected chi connectivity index (χ2v) is 13.3. The van der Waals surface area contributed by atoms with E-state index in [0.29, 0.717) is 0 Å². The van der Waals surface area contributed by atoms with Gasteiger partial charge in [-0.05, 0) is 94.4 Å². The van der Waals surface area contributed by atoms with Crippen molar-refractivity contribution in [2.24, 2.45) is 0 Å². The Kier molecular flexibility index (Phi) is 7.08. The molecular weight excluding hydrogens is 583 g/mol. The minimum absolute atomic E-state index is 0.0670. The molecule has 232 valence electrons. The van der Waals surface area contributed by atoms with Crippen LogP contribution in [0.1, 0.15) is 43.2 Å². The molecule has 9 rings (SSSR count). The molecular formula is C46H37NO. The van der Waals surface area contributed by atoms with Gasteiger partial charge >= 0.3 is 0 Å². The van der Waals surface area contributed by atoms with Crippen molar-refractivity contribution >= 4 is 49.8 Å². The molecule has 0 saturated heterocycles. The zero-order chi connectivity index (χ0) is 31.9. The molecule has 1 aliphatic carbocycles. The Bertz CT molecular complexity index is 2360. The van der Waals surface area contributed by atoms with Gasteiger partial charge in [0, 0.05) is 39.3 Å². The van der Waals surface area contributed by atoms with Gasteiger partial charge in [-0.3, -0.25) is 0 Å². The number of rotatable bonds is 6. The van der Waals surface area contributed by atoms with Crippen LogP contribution in [0, 0.1) is 0 Å². The summed E-state index contributed by atoms with van der Waals surface area (Å²) in [5.41, 5.74) is 10.5. The predicted octanol–water partition coefficient (Wildman–Crippen LogP) is 13.1. The highest BCUT2D eigenvalue weighted by molar-refractivity contribution is 6.06. The lowest BCUT2D eigenvalue weighted by atomic mass is 9.65. The third-order valence-electron chi connectivity index (χ3n) is 10.5. The van der Waals surface area contributed by atoms with Crippen molar-refractivity contribution in [1.29, 1.82) is 0 Å². The lowest BCUT2D eigenvalue weighted by molar-refractivity contribution is 0.346. The van der Waals surface area contributed by atoms with E-state index < -0.39 is 0 Å². The molecule has 0 amide bonds. The summed E-state index contributed by atoms with van der Waals surface area (Å²) in [4.78, 5) is 2.36. The van der Waals surface area contributed by atoms with E-state index in [0.717, 1.165) is 39.0 Å². The van der Waals surface area contributed by atoms with Crippen LogP contribution < -0.4 is 4.90 Å². The first-order valence-electron chi connectivity index (χ1n) is 17.2. The van der Waals surface area contributed by atoms with Crippen LogP contribution in [-0.4, -0.2) is 0 Å². The molecule has 0 aliphatic heterocycles. The Labute approximate surface area is 281 Å². The highest BCUT2D eigenvalue weighted by Gasteiger charge is 2.35. The average molecular weight is 620 g/mol. The molecule has 0 bridgehead atoms. The van der Waals surface area contributed by atoms with Gasteiger partial charge in [-0.2, -0.15) is 0 Å². The maximum Gasteiger partial charge on any atom is 0.137 e. The van der Waals surface area contributed by atoms with Crippen molar-refractivity contribution in [1.82, 2.24) is 0 Å². The maximum atomic E-state index is 6.36. The highest BCUT2D eigenvalue weighted by atomic mass is 16.3. The van der Waals surface area contributed by atoms with Gasteiger partial charge in [-0.25, -0.2) is 0 Å². The Balaban J connectivity index is 1.14. The quantitative estimate of drug-likeness (QED) is 0.184. The smallest absolute Gasteiger partial charge is 0.137 e. The monoisotopic (exact) mass is 619 g/mol. The fourth-order valence-corrected chi connectivity index (χ4v) is 8.06. The number of benzene rings is 7. The third-order valence-corrected chi connectivity index (χ3v) is 10.5. The molecule has 7 aromatic carbocycles. The van der Waals surface area contributed by atoms with Crippen molar-refractivity contribution in [2.75, 3.05) is 4.90 Å². The summed E-state index contributed by atoms with van der Waals surface area (Å²) in [6.45, 7) is 0. The topological polar surface area (TPSA) is 16.4 Å². The summed E-state index contributed by atoms with van der Waals surface area (Å²) in [6, 6.07) is 59.7. The van der Waals surface area contributed by atoms with Gasteiger partial charge in [0.05, 0.1) is 0 Å². The van der Waals surface area contributed by atoms with Crippen molar-refractivity contribution in [3.05, 3.63) is 175 Å². The van der Waals surface area contributed by atoms with Crippen LogP contribution in [0.4, 0.5) is 17.1 Å². The van der Waals surface area contributed by atoms with E-state index in [-0.39, 0.29) is 5.41 Å². The van der Waals surface area contributed by atoms with E-state index in [1.807, 2.05) is 12.1 Å². The largest absolute Gasteiger partial charge is 0.456 e. The second kappa shape index (κ2) is 11.9. The lowest BCUT2D eigenvalue weighted by Gasteiger charge is -2.39. The fourth-order valence-electron chi connectivity index (χ4n) is 8.06. The van der Waals surface area contributed by atoms with Crippen LogP contribution in [-0.2, 0) is 5.41 Å². The number of hydrogen-bond donors (Lipinski definition) is 0. The maximum absolute atomic E-state index is 6.36. The van der Waals surface area contributed by atoms with E-state index in [2.05, 4.69) is 157 Å². The van der Waals surface area contributed by atoms with Crippen LogP contribution in [0.2, 0.25) is 0 Å². The molecule has 0 N–H and O–H groups in total. The summed E-state index contributed by atoms with van der Waals surface area (Å²) in [5.74, 6) is 0. The van der Waals surface area contributed by atoms with Crippen LogP contribution in [0.5, 0.6) is 0 Å². The summed E-state index contributed by atoms with van der Waals surface area (Å²) in [5, 5.41) is 4.80. The zero-order valence-electron chi connectivity index (χ0n) is 27.0. The van der Waals surface area contributed by atoms with Gasteiger partial charge in [-0.1, -0.05) is 128 Å². The van der Waals surface area contributed by atoms with E-state index in [1.165, 1.54) is 65.1 Å². The molecule has 2 heteroatoms. The molecule has 8 aromatic rings. The molecule has 48 heavy (non-hydrogen) atoms. The molecule has 0 atom stereocenters. The molecule has 0 radical (unpaired) electrons. The Morgan fingerprint density at radius 1 is 0.417 bits per heavy atom. The molecule has 1 heterocycles. The SMILES string of the molecule is c1ccc(C2(c3ccc(N(c4ccc(-c5ccc6ccccc6c5)cc4)c4ccc5c(c4)oc4ccccc45)cc3)CCCCC2)cc1. The van der Waals surface area contributed by atoms with Gasteiger partial charge in [-0.15, -0.1) is 0 Å². The predicted molar refractivity (Wildman–Crippen MR) is 202 cm³/mol. The fraction of sp³-hybridized carbons (Fsp3) is 0.130. The summed E-state index contributed by atoms with van der Waals surface area (Å²) < 4.78 is 6.36. The minimum Gasteiger partial charge on any atom is -0.456 e. The minimum atomic E-state index is 0.0670. The molecule has 1 saturated carbocycles. The molecule has 1 aliphatic rings. The standard InChI is InChI=1S/C46H37NO/c1-3-13-37(14-4-1)46(29-9-2-10-30-46)38-21-25-40(26-22-38)47(41-27-28-43-42-15-7-8-16-44(42)48-45(43)32-41)39-23-19-34(20-24-39)36-18-17-33-11-5-6-12-35(33)31-36/h1,3-8,11-28,31-32H,2,9-10,29-30H2. The number of para-hydroxylation sites is 1. The summed E-state index contributed by atoms with van der Waals surface area (Å²) in [7, 11) is 0. The number of anilines is 3. The van der Waals surface area contributed by atoms with E-state index in [9.17, 15) is 0 Å². The van der Waals surface area contributed by atoms with Gasteiger partial charge in [0.2, 0.25) is 0 Å². The van der Waals surface area contributed by atoms with E-state index in [1.54, 1.807) is 0 Å². The highest BCUT2D eigenvalue weighted by Crippen LogP contribution is 2.46. The lowest BCUT2D eigenvalue weighted by Crippen LogP contribution is -2.30. The molecule has 2 nitrogen and oxygen atoms in total. The summed E-state index contributed by atoms with van der Waals surface area (Å²) >= 11 is 0. The number of fused-ring (bicyclic) bond motifs is 4. The number of furan rings is 1. The van der Waals surface area contributed by atoms with Crippen molar-refractivity contribution < 1.29 is 4.42 Å². The van der Waals surface area contributed by atoms with Crippen molar-refractivity contribution in [2.45, 2.75) is 37.5 Å². The third kappa shape index (κ3) is 4.96. The van der Waals surface area contributed by atoms with E-state index >= 15 is 0 Å². The first kappa shape index (κ1) is 28.6. The molecule has 0 spiro atoms. The zero-order valence-corrected chi connectivity index (χ0v) is 27.0. The normalized spacial score (nSPS) is 14.4. The van der Waals surface area contributed by atoms with Crippen LogP contribution in [0.3, 0.4) is 0 Å². The van der Waals surface area contributed by atoms with Crippen molar-refractivity contribution in [3.63, 3.8) is 0 Å². The number of nitrogens with zero attached hydrogens (tertiary/aromatic N) is 1. The summed E-state index contributed by atoms with van der Waals surface area (Å²) in [6.07, 6.45) is 6.24. The number of hydrogen-bond acceptors (Lipinski definition) is 2. The Morgan fingerprint density at radius 3 is 1.81 bits per heavy atom. The Morgan fingerprint density at radius 2 is 1.02 bits per heavy atom. The van der Waals surface area contributed by atoms with Crippen LogP contribution in [0.15, 0.2) is 168 Å². The first-order chi connectivity index (χ1) is 23.7. The first-order valence-corrected chi connectivity index (χ1v) is 17.2. The van der Waals surface area contributed by atoms with Gasteiger partial charge in [0.1, 0.15) is 11.2 Å². The Hall–Kier alpha value is -5.60. The molecule has 0 unspecified atom stereocenters. The average Bonchev–Trinajstić information content (AvgIpc) is 3.54. The van der Waals surface area contributed by atoms with Gasteiger partial charge in [0.25, 0.3) is 0 Å². The second-order valence-electron chi connectivity index (χ2n) is 13.3. The van der Waals surface area contributed by atoms with Gasteiger partial charge in [0.15, 0.2) is 0 Å². The van der Waals surface area contributed by atoms with Crippen LogP contribution in [0.25, 0.3) is 43.8 Å². The molecule has 1 aromatic heterocycles. The van der Waals surface area contributed by atoms with Crippen molar-refractivity contribution in [3.8, 4) is 11.1 Å². The van der Waals surface area contributed by atoms with Crippen LogP contribution >= 0.6 is 0 Å². The van der Waals surface area contributed by atoms with E-state index in [4.69, 9.17) is 4.42 Å².